The number of aromatic nitrogens is 2. The highest BCUT2D eigenvalue weighted by Gasteiger charge is 2.42. The first kappa shape index (κ1) is 28.7. The normalized spacial score (nSPS) is 18.3. The minimum Gasteiger partial charge on any atom is -0.497 e. The van der Waals surface area contributed by atoms with Crippen LogP contribution in [0.25, 0.3) is 10.4 Å². The number of hydrogen-bond donors (Lipinski definition) is 1. The minimum atomic E-state index is -1.10. The zero-order valence-corrected chi connectivity index (χ0v) is 23.5. The van der Waals surface area contributed by atoms with Crippen molar-refractivity contribution in [3.63, 3.8) is 0 Å². The molecule has 4 aromatic rings. The van der Waals surface area contributed by atoms with Gasteiger partial charge >= 0.3 is 5.69 Å². The van der Waals surface area contributed by atoms with E-state index in [1.54, 1.807) is 21.1 Å². The molecule has 3 aromatic carbocycles. The van der Waals surface area contributed by atoms with Gasteiger partial charge in [0.2, 0.25) is 0 Å². The van der Waals surface area contributed by atoms with Crippen LogP contribution in [0.15, 0.2) is 99.8 Å². The summed E-state index contributed by atoms with van der Waals surface area (Å²) in [5, 5.41) is 3.97. The Morgan fingerprint density at radius 3 is 2.07 bits per heavy atom. The van der Waals surface area contributed by atoms with Crippen LogP contribution in [0.1, 0.15) is 34.9 Å². The number of aromatic amines is 1. The molecule has 0 aliphatic carbocycles. The zero-order chi connectivity index (χ0) is 29.7. The highest BCUT2D eigenvalue weighted by Crippen LogP contribution is 2.43. The van der Waals surface area contributed by atoms with Crippen LogP contribution in [0, 0.1) is 6.92 Å². The van der Waals surface area contributed by atoms with Gasteiger partial charge in [-0.3, -0.25) is 14.3 Å². The van der Waals surface area contributed by atoms with E-state index in [0.717, 1.165) is 16.7 Å². The number of rotatable bonds is 10. The second-order valence-corrected chi connectivity index (χ2v) is 9.93. The van der Waals surface area contributed by atoms with Crippen LogP contribution in [0.4, 0.5) is 0 Å². The third-order valence-electron chi connectivity index (χ3n) is 7.50. The lowest BCUT2D eigenvalue weighted by Crippen LogP contribution is -2.38. The van der Waals surface area contributed by atoms with E-state index < -0.39 is 35.2 Å². The highest BCUT2D eigenvalue weighted by molar-refractivity contribution is 5.49. The van der Waals surface area contributed by atoms with Crippen molar-refractivity contribution < 1.29 is 18.9 Å². The second kappa shape index (κ2) is 12.4. The lowest BCUT2D eigenvalue weighted by Gasteiger charge is -2.37. The van der Waals surface area contributed by atoms with Crippen molar-refractivity contribution in [1.82, 2.24) is 9.55 Å². The van der Waals surface area contributed by atoms with Gasteiger partial charge in [0.25, 0.3) is 5.56 Å². The van der Waals surface area contributed by atoms with Crippen LogP contribution < -0.4 is 20.7 Å². The fraction of sp³-hybridized carbons (Fsp3) is 0.290. The summed E-state index contributed by atoms with van der Waals surface area (Å²) in [5.41, 5.74) is 10.0. The van der Waals surface area contributed by atoms with Gasteiger partial charge in [0, 0.05) is 23.1 Å². The van der Waals surface area contributed by atoms with E-state index in [4.69, 9.17) is 18.9 Å². The van der Waals surface area contributed by atoms with Gasteiger partial charge < -0.3 is 18.9 Å². The Kier molecular flexibility index (Phi) is 8.44. The predicted octanol–water partition coefficient (Wildman–Crippen LogP) is 4.84. The van der Waals surface area contributed by atoms with Crippen molar-refractivity contribution in [2.24, 2.45) is 5.11 Å². The monoisotopic (exact) mass is 569 g/mol. The molecule has 1 aromatic heterocycles. The molecule has 11 heteroatoms. The maximum absolute atomic E-state index is 12.6. The molecule has 0 unspecified atom stereocenters. The van der Waals surface area contributed by atoms with Crippen molar-refractivity contribution in [1.29, 1.82) is 0 Å². The Bertz CT molecular complexity index is 1630. The van der Waals surface area contributed by atoms with Gasteiger partial charge in [-0.15, -0.1) is 0 Å². The molecule has 5 rings (SSSR count). The van der Waals surface area contributed by atoms with Crippen LogP contribution in [0.5, 0.6) is 11.5 Å². The molecule has 1 saturated heterocycles. The Morgan fingerprint density at radius 2 is 1.52 bits per heavy atom. The Balaban J connectivity index is 1.58. The van der Waals surface area contributed by atoms with Crippen molar-refractivity contribution in [3.8, 4) is 11.5 Å². The summed E-state index contributed by atoms with van der Waals surface area (Å²) in [4.78, 5) is 29.8. The van der Waals surface area contributed by atoms with Crippen LogP contribution in [-0.2, 0) is 15.1 Å². The summed E-state index contributed by atoms with van der Waals surface area (Å²) >= 11 is 0. The number of hydrogen-bond acceptors (Lipinski definition) is 7. The molecule has 0 bridgehead atoms. The quantitative estimate of drug-likeness (QED) is 0.125. The number of aryl methyl sites for hydroxylation is 1. The Hall–Kier alpha value is -4.83. The minimum absolute atomic E-state index is 0.0181. The third-order valence-corrected chi connectivity index (χ3v) is 7.50. The average Bonchev–Trinajstić information content (AvgIpc) is 3.42. The molecular formula is C31H31N5O6. The lowest BCUT2D eigenvalue weighted by atomic mass is 9.80. The number of nitrogens with zero attached hydrogens (tertiary/aromatic N) is 4. The standard InChI is InChI=1S/C31H31N5O6/c1-20-18-36(30(38)33-29(20)37)28-17-26(34-35-32)27(42-28)19-41-31(21-7-5-4-6-8-21,22-9-13-24(39-2)14-10-22)23-11-15-25(40-3)16-12-23/h4-16,18,26-28H,17,19H2,1-3H3,(H,33,37,38)/t26-,27-,28-/m1/s1. The van der Waals surface area contributed by atoms with E-state index in [0.29, 0.717) is 17.1 Å². The summed E-state index contributed by atoms with van der Waals surface area (Å²) in [6.45, 7) is 1.62. The van der Waals surface area contributed by atoms with E-state index in [9.17, 15) is 15.1 Å². The Labute approximate surface area is 241 Å². The summed E-state index contributed by atoms with van der Waals surface area (Å²) < 4.78 is 25.3. The van der Waals surface area contributed by atoms with Crippen molar-refractivity contribution in [2.45, 2.75) is 37.3 Å². The SMILES string of the molecule is COc1ccc(C(OC[C@H]2O[C@@H](n3cc(C)c(=O)[nH]c3=O)C[C@H]2N=[N+]=[N-])(c2ccccc2)c2ccc(OC)cc2)cc1. The molecule has 216 valence electrons. The van der Waals surface area contributed by atoms with Gasteiger partial charge in [0.15, 0.2) is 0 Å². The lowest BCUT2D eigenvalue weighted by molar-refractivity contribution is -0.0796. The van der Waals surface area contributed by atoms with Crippen LogP contribution in [0.2, 0.25) is 0 Å². The number of nitrogens with one attached hydrogen (secondary N) is 1. The van der Waals surface area contributed by atoms with Gasteiger partial charge in [-0.25, -0.2) is 4.79 Å². The van der Waals surface area contributed by atoms with Gasteiger partial charge in [0.05, 0.1) is 33.0 Å². The number of azide groups is 1. The van der Waals surface area contributed by atoms with Crippen LogP contribution >= 0.6 is 0 Å². The van der Waals surface area contributed by atoms with Crippen molar-refractivity contribution in [2.75, 3.05) is 20.8 Å². The van der Waals surface area contributed by atoms with E-state index in [1.165, 1.54) is 10.8 Å². The zero-order valence-electron chi connectivity index (χ0n) is 23.5. The fourth-order valence-electron chi connectivity index (χ4n) is 5.31. The van der Waals surface area contributed by atoms with Gasteiger partial charge in [-0.2, -0.15) is 0 Å². The molecule has 3 atom stereocenters. The van der Waals surface area contributed by atoms with Crippen LogP contribution in [-0.4, -0.2) is 42.5 Å². The molecule has 1 N–H and O–H groups in total. The van der Waals surface area contributed by atoms with Gasteiger partial charge in [-0.05, 0) is 53.4 Å². The largest absolute Gasteiger partial charge is 0.497 e. The Morgan fingerprint density at radius 1 is 0.952 bits per heavy atom. The smallest absolute Gasteiger partial charge is 0.330 e. The molecule has 0 amide bonds. The number of benzene rings is 3. The number of methoxy groups -OCH3 is 2. The average molecular weight is 570 g/mol. The molecule has 1 aliphatic heterocycles. The molecule has 42 heavy (non-hydrogen) atoms. The second-order valence-electron chi connectivity index (χ2n) is 9.93. The maximum atomic E-state index is 12.6. The van der Waals surface area contributed by atoms with E-state index in [1.807, 2.05) is 78.9 Å². The first-order valence-electron chi connectivity index (χ1n) is 13.4. The van der Waals surface area contributed by atoms with E-state index >= 15 is 0 Å². The maximum Gasteiger partial charge on any atom is 0.330 e. The first-order valence-corrected chi connectivity index (χ1v) is 13.4. The highest BCUT2D eigenvalue weighted by atomic mass is 16.6. The van der Waals surface area contributed by atoms with Gasteiger partial charge in [-0.1, -0.05) is 59.7 Å². The molecule has 0 saturated carbocycles. The fourth-order valence-corrected chi connectivity index (χ4v) is 5.31. The van der Waals surface area contributed by atoms with Crippen molar-refractivity contribution in [3.05, 3.63) is 139 Å². The molecule has 11 nitrogen and oxygen atoms in total. The molecule has 1 fully saturated rings. The van der Waals surface area contributed by atoms with E-state index in [2.05, 4.69) is 15.0 Å². The number of H-pyrrole nitrogens is 1. The summed E-state index contributed by atoms with van der Waals surface area (Å²) in [6, 6.07) is 24.4. The predicted molar refractivity (Wildman–Crippen MR) is 156 cm³/mol. The van der Waals surface area contributed by atoms with Gasteiger partial charge in [0.1, 0.15) is 23.3 Å². The molecule has 1 aliphatic rings. The first-order chi connectivity index (χ1) is 20.4. The van der Waals surface area contributed by atoms with Crippen molar-refractivity contribution >= 4 is 0 Å². The topological polar surface area (TPSA) is 141 Å². The third kappa shape index (κ3) is 5.53. The van der Waals surface area contributed by atoms with Crippen LogP contribution in [0.3, 0.4) is 0 Å². The summed E-state index contributed by atoms with van der Waals surface area (Å²) in [7, 11) is 3.22. The summed E-state index contributed by atoms with van der Waals surface area (Å²) in [6.07, 6.45) is 0.229. The molecule has 0 radical (unpaired) electrons. The molecule has 2 heterocycles. The molecule has 0 spiro atoms. The van der Waals surface area contributed by atoms with E-state index in [-0.39, 0.29) is 13.0 Å². The number of ether oxygens (including phenoxy) is 4. The summed E-state index contributed by atoms with van der Waals surface area (Å²) in [5.74, 6) is 1.39. The molecular weight excluding hydrogens is 538 g/mol.